The third kappa shape index (κ3) is 2.96. The number of benzene rings is 1. The maximum absolute atomic E-state index is 12.2. The lowest BCUT2D eigenvalue weighted by Gasteiger charge is -2.11. The van der Waals surface area contributed by atoms with Gasteiger partial charge in [-0.15, -0.1) is 0 Å². The van der Waals surface area contributed by atoms with Crippen LogP contribution >= 0.6 is 0 Å². The largest absolute Gasteiger partial charge is 0.416 e. The molecule has 0 amide bonds. The van der Waals surface area contributed by atoms with Gasteiger partial charge in [0.1, 0.15) is 0 Å². The maximum Gasteiger partial charge on any atom is 0.416 e. The Morgan fingerprint density at radius 1 is 1.19 bits per heavy atom. The Bertz CT molecular complexity index is 465. The molecule has 7 heteroatoms. The van der Waals surface area contributed by atoms with Gasteiger partial charge in [-0.1, -0.05) is 12.1 Å². The zero-order valence-electron chi connectivity index (χ0n) is 8.32. The molecule has 0 bridgehead atoms. The fraction of sp³-hybridized carbons (Fsp3) is 0.333. The molecular weight excluding hydrogens is 243 g/mol. The standard InChI is InChI=1S/C9H10F3NO2S/c1-6(16(13,14)15)7-2-4-8(5-3-7)9(10,11)12/h2-6H,1H3,(H2,13,14,15). The van der Waals surface area contributed by atoms with Crippen molar-refractivity contribution in [2.75, 3.05) is 0 Å². The van der Waals surface area contributed by atoms with Crippen molar-refractivity contribution in [1.82, 2.24) is 0 Å². The van der Waals surface area contributed by atoms with E-state index in [-0.39, 0.29) is 5.56 Å². The molecule has 0 aromatic heterocycles. The molecule has 0 aliphatic heterocycles. The Morgan fingerprint density at radius 2 is 1.62 bits per heavy atom. The van der Waals surface area contributed by atoms with Crippen LogP contribution < -0.4 is 5.14 Å². The van der Waals surface area contributed by atoms with Crippen LogP contribution in [0.4, 0.5) is 13.2 Å². The Morgan fingerprint density at radius 3 is 1.94 bits per heavy atom. The summed E-state index contributed by atoms with van der Waals surface area (Å²) in [5.74, 6) is 0. The highest BCUT2D eigenvalue weighted by molar-refractivity contribution is 7.89. The van der Waals surface area contributed by atoms with E-state index in [4.69, 9.17) is 5.14 Å². The smallest absolute Gasteiger partial charge is 0.228 e. The van der Waals surface area contributed by atoms with E-state index >= 15 is 0 Å². The second-order valence-electron chi connectivity index (χ2n) is 3.35. The van der Waals surface area contributed by atoms with Gasteiger partial charge < -0.3 is 0 Å². The molecule has 0 heterocycles. The van der Waals surface area contributed by atoms with Crippen molar-refractivity contribution < 1.29 is 21.6 Å². The van der Waals surface area contributed by atoms with Crippen molar-refractivity contribution in [1.29, 1.82) is 0 Å². The molecule has 0 saturated heterocycles. The summed E-state index contributed by atoms with van der Waals surface area (Å²) in [6, 6.07) is 3.88. The molecule has 0 saturated carbocycles. The molecule has 2 N–H and O–H groups in total. The van der Waals surface area contributed by atoms with Crippen molar-refractivity contribution in [3.63, 3.8) is 0 Å². The highest BCUT2D eigenvalue weighted by Gasteiger charge is 2.30. The van der Waals surface area contributed by atoms with Crippen molar-refractivity contribution in [2.24, 2.45) is 5.14 Å². The summed E-state index contributed by atoms with van der Waals surface area (Å²) in [7, 11) is -3.79. The van der Waals surface area contributed by atoms with E-state index in [0.29, 0.717) is 0 Å². The number of rotatable bonds is 2. The molecule has 1 aromatic carbocycles. The van der Waals surface area contributed by atoms with E-state index in [0.717, 1.165) is 24.3 Å². The fourth-order valence-corrected chi connectivity index (χ4v) is 1.67. The predicted octanol–water partition coefficient (Wildman–Crippen LogP) is 2.05. The highest BCUT2D eigenvalue weighted by Crippen LogP contribution is 2.30. The van der Waals surface area contributed by atoms with Gasteiger partial charge in [-0.3, -0.25) is 0 Å². The second kappa shape index (κ2) is 4.06. The fourth-order valence-electron chi connectivity index (χ4n) is 1.13. The molecular formula is C9H10F3NO2S. The number of sulfonamides is 1. The summed E-state index contributed by atoms with van der Waals surface area (Å²) in [5, 5.41) is 3.87. The lowest BCUT2D eigenvalue weighted by atomic mass is 10.1. The molecule has 1 atom stereocenters. The van der Waals surface area contributed by atoms with E-state index in [9.17, 15) is 21.6 Å². The maximum atomic E-state index is 12.2. The summed E-state index contributed by atoms with van der Waals surface area (Å²) in [4.78, 5) is 0. The molecule has 90 valence electrons. The molecule has 0 aliphatic rings. The first-order valence-electron chi connectivity index (χ1n) is 4.31. The summed E-state index contributed by atoms with van der Waals surface area (Å²) < 4.78 is 58.6. The van der Waals surface area contributed by atoms with Gasteiger partial charge in [-0.2, -0.15) is 13.2 Å². The van der Waals surface area contributed by atoms with E-state index < -0.39 is 27.0 Å². The van der Waals surface area contributed by atoms with Gasteiger partial charge in [-0.05, 0) is 24.6 Å². The molecule has 0 radical (unpaired) electrons. The second-order valence-corrected chi connectivity index (χ2v) is 5.24. The van der Waals surface area contributed by atoms with Crippen LogP contribution in [0.15, 0.2) is 24.3 Å². The SMILES string of the molecule is CC(c1ccc(C(F)(F)F)cc1)S(N)(=O)=O. The van der Waals surface area contributed by atoms with E-state index in [1.165, 1.54) is 6.92 Å². The van der Waals surface area contributed by atoms with Crippen molar-refractivity contribution in [3.05, 3.63) is 35.4 Å². The number of hydrogen-bond acceptors (Lipinski definition) is 2. The van der Waals surface area contributed by atoms with Crippen LogP contribution in [-0.2, 0) is 16.2 Å². The number of nitrogens with two attached hydrogens (primary N) is 1. The minimum atomic E-state index is -4.43. The topological polar surface area (TPSA) is 60.2 Å². The van der Waals surface area contributed by atoms with Crippen molar-refractivity contribution >= 4 is 10.0 Å². The summed E-state index contributed by atoms with van der Waals surface area (Å²) >= 11 is 0. The third-order valence-corrected chi connectivity index (χ3v) is 3.46. The minimum Gasteiger partial charge on any atom is -0.228 e. The lowest BCUT2D eigenvalue weighted by Crippen LogP contribution is -2.19. The number of halogens is 3. The highest BCUT2D eigenvalue weighted by atomic mass is 32.2. The van der Waals surface area contributed by atoms with Crippen LogP contribution in [0.2, 0.25) is 0 Å². The molecule has 16 heavy (non-hydrogen) atoms. The van der Waals surface area contributed by atoms with E-state index in [1.807, 2.05) is 0 Å². The van der Waals surface area contributed by atoms with Gasteiger partial charge in [0, 0.05) is 0 Å². The van der Waals surface area contributed by atoms with Crippen LogP contribution in [0.25, 0.3) is 0 Å². The van der Waals surface area contributed by atoms with E-state index in [1.54, 1.807) is 0 Å². The molecule has 0 spiro atoms. The molecule has 1 aromatic rings. The normalized spacial score (nSPS) is 14.8. The lowest BCUT2D eigenvalue weighted by molar-refractivity contribution is -0.137. The summed E-state index contributed by atoms with van der Waals surface area (Å²) in [6.07, 6.45) is -4.43. The first-order chi connectivity index (χ1) is 7.12. The number of alkyl halides is 3. The average molecular weight is 253 g/mol. The number of primary sulfonamides is 1. The van der Waals surface area contributed by atoms with Crippen LogP contribution in [-0.4, -0.2) is 8.42 Å². The minimum absolute atomic E-state index is 0.232. The van der Waals surface area contributed by atoms with E-state index in [2.05, 4.69) is 0 Å². The van der Waals surface area contributed by atoms with Crippen molar-refractivity contribution in [2.45, 2.75) is 18.3 Å². The summed E-state index contributed by atoms with van der Waals surface area (Å²) in [6.45, 7) is 1.32. The Hall–Kier alpha value is -1.08. The van der Waals surface area contributed by atoms with Gasteiger partial charge in [0.2, 0.25) is 10.0 Å². The van der Waals surface area contributed by atoms with Crippen LogP contribution in [0.1, 0.15) is 23.3 Å². The zero-order chi connectivity index (χ0) is 12.6. The molecule has 0 fully saturated rings. The first-order valence-corrected chi connectivity index (χ1v) is 5.92. The predicted molar refractivity (Wildman–Crippen MR) is 53.0 cm³/mol. The van der Waals surface area contributed by atoms with Crippen LogP contribution in [0, 0.1) is 0 Å². The Balaban J connectivity index is 3.05. The number of hydrogen-bond donors (Lipinski definition) is 1. The zero-order valence-corrected chi connectivity index (χ0v) is 9.14. The van der Waals surface area contributed by atoms with Gasteiger partial charge in [-0.25, -0.2) is 13.6 Å². The van der Waals surface area contributed by atoms with Gasteiger partial charge in [0.15, 0.2) is 0 Å². The molecule has 1 rings (SSSR count). The van der Waals surface area contributed by atoms with Crippen molar-refractivity contribution in [3.8, 4) is 0 Å². The quantitative estimate of drug-likeness (QED) is 0.876. The Labute approximate surface area is 91.1 Å². The Kier molecular flexibility index (Phi) is 3.30. The monoisotopic (exact) mass is 253 g/mol. The van der Waals surface area contributed by atoms with Gasteiger partial charge in [0.05, 0.1) is 10.8 Å². The molecule has 0 aliphatic carbocycles. The molecule has 3 nitrogen and oxygen atoms in total. The van der Waals surface area contributed by atoms with Gasteiger partial charge >= 0.3 is 6.18 Å². The van der Waals surface area contributed by atoms with Crippen LogP contribution in [0.5, 0.6) is 0 Å². The third-order valence-electron chi connectivity index (χ3n) is 2.20. The summed E-state index contributed by atoms with van der Waals surface area (Å²) in [5.41, 5.74) is -0.589. The molecule has 1 unspecified atom stereocenters. The van der Waals surface area contributed by atoms with Gasteiger partial charge in [0.25, 0.3) is 0 Å². The first kappa shape index (κ1) is 13.0. The average Bonchev–Trinajstić information content (AvgIpc) is 2.14. The van der Waals surface area contributed by atoms with Crippen LogP contribution in [0.3, 0.4) is 0 Å².